The third-order valence-electron chi connectivity index (χ3n) is 3.81. The molecule has 0 saturated heterocycles. The van der Waals surface area contributed by atoms with Crippen LogP contribution >= 0.6 is 15.9 Å². The summed E-state index contributed by atoms with van der Waals surface area (Å²) in [6.07, 6.45) is 8.50. The molecule has 1 aromatic heterocycles. The van der Waals surface area contributed by atoms with Crippen molar-refractivity contribution in [3.63, 3.8) is 0 Å². The van der Waals surface area contributed by atoms with Crippen molar-refractivity contribution in [1.82, 2.24) is 5.32 Å². The van der Waals surface area contributed by atoms with Gasteiger partial charge in [0.05, 0.1) is 12.5 Å². The molecule has 1 atom stereocenters. The molecule has 0 radical (unpaired) electrons. The number of benzene rings is 1. The van der Waals surface area contributed by atoms with Crippen molar-refractivity contribution < 1.29 is 4.42 Å². The summed E-state index contributed by atoms with van der Waals surface area (Å²) in [6, 6.07) is 11.5. The van der Waals surface area contributed by atoms with Crippen LogP contribution < -0.4 is 5.32 Å². The van der Waals surface area contributed by atoms with E-state index in [4.69, 9.17) is 4.42 Å². The topological polar surface area (TPSA) is 25.2 Å². The van der Waals surface area contributed by atoms with Gasteiger partial charge in [0.25, 0.3) is 0 Å². The van der Waals surface area contributed by atoms with E-state index in [1.165, 1.54) is 24.0 Å². The first-order valence-corrected chi connectivity index (χ1v) is 8.08. The quantitative estimate of drug-likeness (QED) is 0.821. The molecule has 0 aliphatic heterocycles. The van der Waals surface area contributed by atoms with Gasteiger partial charge in [-0.25, -0.2) is 0 Å². The van der Waals surface area contributed by atoms with Gasteiger partial charge in [-0.2, -0.15) is 0 Å². The number of hydrogen-bond donors (Lipinski definition) is 1. The molecule has 1 aromatic carbocycles. The predicted octanol–water partition coefficient (Wildman–Crippen LogP) is 4.20. The average molecular weight is 334 g/mol. The number of rotatable bonds is 7. The fourth-order valence-electron chi connectivity index (χ4n) is 2.53. The molecule has 0 spiro atoms. The largest absolute Gasteiger partial charge is 0.472 e. The molecule has 1 unspecified atom stereocenters. The van der Waals surface area contributed by atoms with E-state index < -0.39 is 0 Å². The molecule has 0 amide bonds. The molecule has 1 heterocycles. The summed E-state index contributed by atoms with van der Waals surface area (Å²) in [5.74, 6) is 0.620. The third-order valence-corrected chi connectivity index (χ3v) is 4.34. The second-order valence-electron chi connectivity index (χ2n) is 5.71. The standard InChI is InChI=1S/C17H20BrNO/c18-16-3-1-13(2-4-16)9-15(11-19-17-5-6-17)10-14-7-8-20-12-14/h1-4,7-8,12,15,17,19H,5-6,9-11H2. The lowest BCUT2D eigenvalue weighted by atomic mass is 9.93. The SMILES string of the molecule is Brc1ccc(CC(CNC2CC2)Cc2ccoc2)cc1. The Morgan fingerprint density at radius 2 is 1.85 bits per heavy atom. The summed E-state index contributed by atoms with van der Waals surface area (Å²) in [5.41, 5.74) is 2.70. The molecule has 3 heteroatoms. The van der Waals surface area contributed by atoms with Crippen molar-refractivity contribution in [3.05, 3.63) is 58.5 Å². The molecule has 1 saturated carbocycles. The zero-order valence-electron chi connectivity index (χ0n) is 11.5. The van der Waals surface area contributed by atoms with E-state index in [1.807, 2.05) is 6.26 Å². The Labute approximate surface area is 128 Å². The van der Waals surface area contributed by atoms with E-state index in [0.29, 0.717) is 5.92 Å². The molecule has 106 valence electrons. The van der Waals surface area contributed by atoms with Crippen LogP contribution in [0.25, 0.3) is 0 Å². The van der Waals surface area contributed by atoms with Crippen molar-refractivity contribution in [1.29, 1.82) is 0 Å². The summed E-state index contributed by atoms with van der Waals surface area (Å²) >= 11 is 3.49. The first-order valence-electron chi connectivity index (χ1n) is 7.28. The van der Waals surface area contributed by atoms with Gasteiger partial charge < -0.3 is 9.73 Å². The molecule has 1 aliphatic carbocycles. The summed E-state index contributed by atoms with van der Waals surface area (Å²) in [5, 5.41) is 3.66. The molecular formula is C17H20BrNO. The Morgan fingerprint density at radius 1 is 1.10 bits per heavy atom. The van der Waals surface area contributed by atoms with Crippen molar-refractivity contribution in [2.24, 2.45) is 5.92 Å². The molecule has 3 rings (SSSR count). The maximum atomic E-state index is 5.19. The third kappa shape index (κ3) is 4.22. The van der Waals surface area contributed by atoms with Crippen LogP contribution in [0.5, 0.6) is 0 Å². The van der Waals surface area contributed by atoms with Gasteiger partial charge in [-0.1, -0.05) is 28.1 Å². The van der Waals surface area contributed by atoms with Crippen LogP contribution in [0.1, 0.15) is 24.0 Å². The van der Waals surface area contributed by atoms with E-state index >= 15 is 0 Å². The molecule has 2 nitrogen and oxygen atoms in total. The summed E-state index contributed by atoms with van der Waals surface area (Å²) < 4.78 is 6.34. The van der Waals surface area contributed by atoms with Crippen LogP contribution in [-0.4, -0.2) is 12.6 Å². The first kappa shape index (κ1) is 13.9. The maximum absolute atomic E-state index is 5.19. The Balaban J connectivity index is 1.61. The number of nitrogens with one attached hydrogen (secondary N) is 1. The summed E-state index contributed by atoms with van der Waals surface area (Å²) in [7, 11) is 0. The normalized spacial score (nSPS) is 16.2. The fraction of sp³-hybridized carbons (Fsp3) is 0.412. The highest BCUT2D eigenvalue weighted by atomic mass is 79.9. The number of halogens is 1. The zero-order valence-corrected chi connectivity index (χ0v) is 13.1. The van der Waals surface area contributed by atoms with Crippen molar-refractivity contribution in [2.45, 2.75) is 31.7 Å². The van der Waals surface area contributed by atoms with Gasteiger partial charge in [-0.05, 0) is 67.5 Å². The Morgan fingerprint density at radius 3 is 2.50 bits per heavy atom. The molecular weight excluding hydrogens is 314 g/mol. The van der Waals surface area contributed by atoms with Crippen LogP contribution in [-0.2, 0) is 12.8 Å². The van der Waals surface area contributed by atoms with Gasteiger partial charge in [0.15, 0.2) is 0 Å². The summed E-state index contributed by atoms with van der Waals surface area (Å²) in [4.78, 5) is 0. The average Bonchev–Trinajstić information content (AvgIpc) is 3.15. The Hall–Kier alpha value is -1.06. The highest BCUT2D eigenvalue weighted by Crippen LogP contribution is 2.21. The Bertz CT molecular complexity index is 516. The monoisotopic (exact) mass is 333 g/mol. The molecule has 1 N–H and O–H groups in total. The Kier molecular flexibility index (Phi) is 4.58. The number of furan rings is 1. The van der Waals surface area contributed by atoms with E-state index in [1.54, 1.807) is 6.26 Å². The first-order chi connectivity index (χ1) is 9.79. The molecule has 2 aromatic rings. The van der Waals surface area contributed by atoms with Crippen molar-refractivity contribution in [2.75, 3.05) is 6.54 Å². The van der Waals surface area contributed by atoms with Gasteiger partial charge in [0.2, 0.25) is 0 Å². The second-order valence-corrected chi connectivity index (χ2v) is 6.63. The van der Waals surface area contributed by atoms with Gasteiger partial charge in [0.1, 0.15) is 0 Å². The lowest BCUT2D eigenvalue weighted by Crippen LogP contribution is -2.27. The van der Waals surface area contributed by atoms with E-state index in [2.05, 4.69) is 51.6 Å². The van der Waals surface area contributed by atoms with E-state index in [-0.39, 0.29) is 0 Å². The maximum Gasteiger partial charge on any atom is 0.0934 e. The van der Waals surface area contributed by atoms with Gasteiger partial charge in [-0.15, -0.1) is 0 Å². The zero-order chi connectivity index (χ0) is 13.8. The van der Waals surface area contributed by atoms with Crippen molar-refractivity contribution >= 4 is 15.9 Å². The van der Waals surface area contributed by atoms with Crippen molar-refractivity contribution in [3.8, 4) is 0 Å². The molecule has 20 heavy (non-hydrogen) atoms. The fourth-order valence-corrected chi connectivity index (χ4v) is 2.80. The van der Waals surface area contributed by atoms with E-state index in [0.717, 1.165) is 29.9 Å². The lowest BCUT2D eigenvalue weighted by molar-refractivity contribution is 0.465. The lowest BCUT2D eigenvalue weighted by Gasteiger charge is -2.17. The molecule has 0 bridgehead atoms. The predicted molar refractivity (Wildman–Crippen MR) is 84.8 cm³/mol. The molecule has 1 aliphatic rings. The molecule has 1 fully saturated rings. The van der Waals surface area contributed by atoms with Crippen LogP contribution in [0.2, 0.25) is 0 Å². The highest BCUT2D eigenvalue weighted by molar-refractivity contribution is 9.10. The van der Waals surface area contributed by atoms with Crippen LogP contribution in [0.3, 0.4) is 0 Å². The minimum atomic E-state index is 0.620. The van der Waals surface area contributed by atoms with Gasteiger partial charge in [-0.3, -0.25) is 0 Å². The number of hydrogen-bond acceptors (Lipinski definition) is 2. The second kappa shape index (κ2) is 6.59. The van der Waals surface area contributed by atoms with Gasteiger partial charge in [0, 0.05) is 10.5 Å². The van der Waals surface area contributed by atoms with Gasteiger partial charge >= 0.3 is 0 Å². The van der Waals surface area contributed by atoms with Crippen LogP contribution in [0.15, 0.2) is 51.7 Å². The highest BCUT2D eigenvalue weighted by Gasteiger charge is 2.22. The minimum Gasteiger partial charge on any atom is -0.472 e. The summed E-state index contributed by atoms with van der Waals surface area (Å²) in [6.45, 7) is 1.09. The minimum absolute atomic E-state index is 0.620. The van der Waals surface area contributed by atoms with Crippen LogP contribution in [0, 0.1) is 5.92 Å². The van der Waals surface area contributed by atoms with Crippen LogP contribution in [0.4, 0.5) is 0 Å². The van der Waals surface area contributed by atoms with E-state index in [9.17, 15) is 0 Å². The smallest absolute Gasteiger partial charge is 0.0934 e.